The number of unbranched alkanes of at least 4 members (excludes halogenated alkanes) is 6. The number of phenolic OH excluding ortho intramolecular Hbond substituents is 1. The van der Waals surface area contributed by atoms with E-state index < -0.39 is 40.5 Å². The van der Waals surface area contributed by atoms with Crippen molar-refractivity contribution in [3.05, 3.63) is 29.3 Å². The molecule has 3 aliphatic carbocycles. The standard InChI is InChI=1S/C32H47F5O4S/c1-30-21-23(29-25-14-12-24(38)20-22(25)11-13-26(29)27(30)15-16-28(30)39)10-7-5-3-2-4-6-8-18-42(40,41)19-9-17-31(33,34)32(35,36)37/h12,14,20,23,26-29,38-39H,2-11,13,15-19,21H2,1H3/t23-,26?,27?,28-,29?,30-/m0/s1. The predicted molar refractivity (Wildman–Crippen MR) is 153 cm³/mol. The number of alkyl halides is 5. The number of aliphatic hydroxyl groups excluding tert-OH is 1. The van der Waals surface area contributed by atoms with Crippen LogP contribution in [0.4, 0.5) is 22.0 Å². The van der Waals surface area contributed by atoms with Gasteiger partial charge in [-0.1, -0.05) is 51.5 Å². The summed E-state index contributed by atoms with van der Waals surface area (Å²) >= 11 is 0. The van der Waals surface area contributed by atoms with Crippen LogP contribution in [0.25, 0.3) is 0 Å². The molecule has 240 valence electrons. The lowest BCUT2D eigenvalue weighted by molar-refractivity contribution is -0.284. The summed E-state index contributed by atoms with van der Waals surface area (Å²) in [5.41, 5.74) is 2.63. The van der Waals surface area contributed by atoms with Crippen molar-refractivity contribution in [2.45, 2.75) is 127 Å². The Morgan fingerprint density at radius 1 is 0.905 bits per heavy atom. The molecule has 0 aromatic heterocycles. The molecule has 0 bridgehead atoms. The molecule has 1 aromatic carbocycles. The Balaban J connectivity index is 1.17. The highest BCUT2D eigenvalue weighted by Crippen LogP contribution is 2.63. The first-order valence-electron chi connectivity index (χ1n) is 15.8. The van der Waals surface area contributed by atoms with E-state index in [1.165, 1.54) is 11.1 Å². The largest absolute Gasteiger partial charge is 0.508 e. The number of sulfone groups is 1. The summed E-state index contributed by atoms with van der Waals surface area (Å²) in [4.78, 5) is 0. The zero-order valence-corrected chi connectivity index (χ0v) is 25.5. The first kappa shape index (κ1) is 33.5. The minimum atomic E-state index is -5.65. The SMILES string of the molecule is C[C@]12C[C@H](CCCCCCCCCS(=O)(=O)CCCC(F)(F)C(F)(F)F)C3c4ccc(O)cc4CCC3C1CC[C@@H]2O. The van der Waals surface area contributed by atoms with Crippen molar-refractivity contribution in [1.29, 1.82) is 0 Å². The van der Waals surface area contributed by atoms with E-state index >= 15 is 0 Å². The van der Waals surface area contributed by atoms with Crippen molar-refractivity contribution in [2.75, 3.05) is 11.5 Å². The molecule has 4 rings (SSSR count). The molecule has 0 aliphatic heterocycles. The van der Waals surface area contributed by atoms with Gasteiger partial charge in [-0.2, -0.15) is 22.0 Å². The van der Waals surface area contributed by atoms with Crippen molar-refractivity contribution in [2.24, 2.45) is 23.2 Å². The van der Waals surface area contributed by atoms with E-state index in [-0.39, 0.29) is 17.3 Å². The maximum Gasteiger partial charge on any atom is 0.453 e. The second kappa shape index (κ2) is 13.3. The molecule has 0 radical (unpaired) electrons. The van der Waals surface area contributed by atoms with Crippen LogP contribution >= 0.6 is 0 Å². The molecule has 2 N–H and O–H groups in total. The molecule has 1 aromatic rings. The van der Waals surface area contributed by atoms with Gasteiger partial charge in [0.25, 0.3) is 0 Å². The Morgan fingerprint density at radius 2 is 1.55 bits per heavy atom. The normalized spacial score (nSPS) is 29.6. The molecular formula is C32H47F5O4S. The summed E-state index contributed by atoms with van der Waals surface area (Å²) in [6.07, 6.45) is 4.20. The number of hydrogen-bond donors (Lipinski definition) is 2. The lowest BCUT2D eigenvalue weighted by Crippen LogP contribution is -2.47. The number of aromatic hydroxyl groups is 1. The van der Waals surface area contributed by atoms with Crippen LogP contribution in [-0.4, -0.2) is 48.3 Å². The van der Waals surface area contributed by atoms with Gasteiger partial charge in [-0.3, -0.25) is 0 Å². The molecule has 3 aliphatic rings. The highest BCUT2D eigenvalue weighted by molar-refractivity contribution is 7.91. The Bertz CT molecular complexity index is 1150. The first-order valence-corrected chi connectivity index (χ1v) is 17.6. The number of benzene rings is 1. The average Bonchev–Trinajstić information content (AvgIpc) is 3.20. The summed E-state index contributed by atoms with van der Waals surface area (Å²) in [5, 5.41) is 21.0. The Labute approximate surface area is 247 Å². The van der Waals surface area contributed by atoms with Crippen molar-refractivity contribution >= 4 is 9.84 Å². The summed E-state index contributed by atoms with van der Waals surface area (Å²) in [6.45, 7) is 2.29. The number of rotatable bonds is 14. The van der Waals surface area contributed by atoms with Gasteiger partial charge in [0.2, 0.25) is 0 Å². The monoisotopic (exact) mass is 622 g/mol. The Kier molecular flexibility index (Phi) is 10.6. The fraction of sp³-hybridized carbons (Fsp3) is 0.812. The van der Waals surface area contributed by atoms with Gasteiger partial charge in [0.15, 0.2) is 0 Å². The van der Waals surface area contributed by atoms with Crippen LogP contribution in [0.2, 0.25) is 0 Å². The van der Waals surface area contributed by atoms with Crippen molar-refractivity contribution in [1.82, 2.24) is 0 Å². The summed E-state index contributed by atoms with van der Waals surface area (Å²) < 4.78 is 86.8. The van der Waals surface area contributed by atoms with E-state index in [1.54, 1.807) is 0 Å². The molecule has 2 fully saturated rings. The quantitative estimate of drug-likeness (QED) is 0.162. The van der Waals surface area contributed by atoms with Crippen LogP contribution in [0.5, 0.6) is 5.75 Å². The molecule has 4 nitrogen and oxygen atoms in total. The fourth-order valence-electron chi connectivity index (χ4n) is 8.50. The predicted octanol–water partition coefficient (Wildman–Crippen LogP) is 8.35. The van der Waals surface area contributed by atoms with Gasteiger partial charge >= 0.3 is 12.1 Å². The molecule has 10 heteroatoms. The highest BCUT2D eigenvalue weighted by Gasteiger charge is 2.58. The third-order valence-electron chi connectivity index (χ3n) is 10.7. The number of aliphatic hydroxyl groups is 1. The Morgan fingerprint density at radius 3 is 2.24 bits per heavy atom. The van der Waals surface area contributed by atoms with Gasteiger partial charge in [0, 0.05) is 6.42 Å². The van der Waals surface area contributed by atoms with E-state index in [9.17, 15) is 40.6 Å². The molecule has 2 saturated carbocycles. The molecule has 3 unspecified atom stereocenters. The van der Waals surface area contributed by atoms with E-state index in [2.05, 4.69) is 13.0 Å². The van der Waals surface area contributed by atoms with Gasteiger partial charge in [-0.15, -0.1) is 0 Å². The molecule has 0 saturated heterocycles. The summed E-state index contributed by atoms with van der Waals surface area (Å²) in [5.74, 6) is -3.29. The van der Waals surface area contributed by atoms with Gasteiger partial charge in [0.1, 0.15) is 15.6 Å². The number of fused-ring (bicyclic) bond motifs is 5. The first-order chi connectivity index (χ1) is 19.6. The number of aryl methyl sites for hydroxylation is 1. The topological polar surface area (TPSA) is 74.6 Å². The smallest absolute Gasteiger partial charge is 0.453 e. The fourth-order valence-corrected chi connectivity index (χ4v) is 9.93. The van der Waals surface area contributed by atoms with Crippen molar-refractivity contribution < 1.29 is 40.6 Å². The van der Waals surface area contributed by atoms with E-state index in [4.69, 9.17) is 0 Å². The van der Waals surface area contributed by atoms with E-state index in [1.807, 2.05) is 12.1 Å². The number of halogens is 5. The molecule has 0 amide bonds. The van der Waals surface area contributed by atoms with Crippen LogP contribution in [0.15, 0.2) is 18.2 Å². The van der Waals surface area contributed by atoms with Gasteiger partial charge < -0.3 is 10.2 Å². The van der Waals surface area contributed by atoms with E-state index in [0.29, 0.717) is 42.3 Å². The second-order valence-electron chi connectivity index (χ2n) is 13.5. The maximum atomic E-state index is 13.0. The second-order valence-corrected chi connectivity index (χ2v) is 15.8. The summed E-state index contributed by atoms with van der Waals surface area (Å²) in [6, 6.07) is 5.87. The van der Waals surface area contributed by atoms with Crippen molar-refractivity contribution in [3.8, 4) is 5.75 Å². The van der Waals surface area contributed by atoms with Crippen molar-refractivity contribution in [3.63, 3.8) is 0 Å². The highest BCUT2D eigenvalue weighted by atomic mass is 32.2. The minimum absolute atomic E-state index is 0.0280. The molecule has 42 heavy (non-hydrogen) atoms. The van der Waals surface area contributed by atoms with E-state index in [0.717, 1.165) is 70.6 Å². The maximum absolute atomic E-state index is 13.0. The van der Waals surface area contributed by atoms with Crippen LogP contribution in [-0.2, 0) is 16.3 Å². The van der Waals surface area contributed by atoms with Crippen LogP contribution < -0.4 is 0 Å². The molecule has 0 heterocycles. The Hall–Kier alpha value is -1.42. The summed E-state index contributed by atoms with van der Waals surface area (Å²) in [7, 11) is -3.64. The zero-order valence-electron chi connectivity index (χ0n) is 24.6. The zero-order chi connectivity index (χ0) is 30.8. The minimum Gasteiger partial charge on any atom is -0.508 e. The molecule has 6 atom stereocenters. The third-order valence-corrected chi connectivity index (χ3v) is 12.5. The molecular weight excluding hydrogens is 575 g/mol. The number of phenols is 1. The van der Waals surface area contributed by atoms with Gasteiger partial charge in [0.05, 0.1) is 17.6 Å². The number of hydrogen-bond acceptors (Lipinski definition) is 4. The van der Waals surface area contributed by atoms with Gasteiger partial charge in [-0.25, -0.2) is 8.42 Å². The van der Waals surface area contributed by atoms with Crippen LogP contribution in [0.3, 0.4) is 0 Å². The lowest BCUT2D eigenvalue weighted by Gasteiger charge is -2.54. The van der Waals surface area contributed by atoms with Crippen LogP contribution in [0.1, 0.15) is 114 Å². The lowest BCUT2D eigenvalue weighted by atomic mass is 9.51. The third kappa shape index (κ3) is 7.62. The molecule has 0 spiro atoms. The van der Waals surface area contributed by atoms with Gasteiger partial charge in [-0.05, 0) is 104 Å². The average molecular weight is 623 g/mol. The van der Waals surface area contributed by atoms with Crippen LogP contribution in [0, 0.1) is 23.2 Å².